The van der Waals surface area contributed by atoms with Crippen LogP contribution in [0.15, 0.2) is 66.9 Å². The number of halogens is 2. The van der Waals surface area contributed by atoms with Crippen molar-refractivity contribution >= 4 is 35.2 Å². The van der Waals surface area contributed by atoms with Gasteiger partial charge in [0.05, 0.1) is 12.1 Å². The van der Waals surface area contributed by atoms with Crippen LogP contribution in [-0.2, 0) is 13.6 Å². The zero-order valence-electron chi connectivity index (χ0n) is 17.5. The zero-order chi connectivity index (χ0) is 21.3. The first kappa shape index (κ1) is 22.3. The van der Waals surface area contributed by atoms with Crippen LogP contribution in [0.1, 0.15) is 16.8 Å². The highest BCUT2D eigenvalue weighted by molar-refractivity contribution is 6.01. The Balaban J connectivity index is 0.00000272. The van der Waals surface area contributed by atoms with Crippen molar-refractivity contribution in [2.45, 2.75) is 20.4 Å². The molecule has 4 aromatic rings. The molecule has 0 radical (unpaired) electrons. The summed E-state index contributed by atoms with van der Waals surface area (Å²) in [6.45, 7) is 4.25. The number of carbonyl (C=O) groups is 1. The van der Waals surface area contributed by atoms with Crippen LogP contribution in [0, 0.1) is 19.7 Å². The summed E-state index contributed by atoms with van der Waals surface area (Å²) in [6, 6.07) is 16.9. The molecular weight excluding hydrogens is 417 g/mol. The maximum absolute atomic E-state index is 13.4. The van der Waals surface area contributed by atoms with Gasteiger partial charge in [-0.15, -0.1) is 12.4 Å². The van der Waals surface area contributed by atoms with E-state index in [1.165, 1.54) is 17.0 Å². The Hall–Kier alpha value is -3.38. The summed E-state index contributed by atoms with van der Waals surface area (Å²) in [5.74, 6) is 0.630. The van der Waals surface area contributed by atoms with Crippen LogP contribution in [0.4, 0.5) is 15.0 Å². The molecule has 0 aliphatic heterocycles. The van der Waals surface area contributed by atoms with Crippen molar-refractivity contribution < 1.29 is 13.9 Å². The van der Waals surface area contributed by atoms with Gasteiger partial charge < -0.3 is 9.30 Å². The molecule has 0 bridgehead atoms. The Morgan fingerprint density at radius 2 is 1.74 bits per heavy atom. The molecule has 0 N–H and O–H groups in total. The second-order valence-corrected chi connectivity index (χ2v) is 7.19. The quantitative estimate of drug-likeness (QED) is 0.394. The van der Waals surface area contributed by atoms with Crippen molar-refractivity contribution in [3.63, 3.8) is 0 Å². The number of benzene rings is 2. The molecule has 0 fully saturated rings. The lowest BCUT2D eigenvalue weighted by Crippen LogP contribution is -2.34. The molecule has 0 atom stereocenters. The Kier molecular flexibility index (Phi) is 6.61. The monoisotopic (exact) mass is 439 g/mol. The van der Waals surface area contributed by atoms with Crippen molar-refractivity contribution in [3.05, 3.63) is 89.5 Å². The van der Waals surface area contributed by atoms with Crippen molar-refractivity contribution in [2.24, 2.45) is 7.05 Å². The van der Waals surface area contributed by atoms with Gasteiger partial charge in [-0.25, -0.2) is 14.2 Å². The summed E-state index contributed by atoms with van der Waals surface area (Å²) in [4.78, 5) is 19.2. The van der Waals surface area contributed by atoms with Gasteiger partial charge in [-0.1, -0.05) is 30.3 Å². The van der Waals surface area contributed by atoms with E-state index < -0.39 is 6.09 Å². The number of aryl methyl sites for hydroxylation is 2. The second kappa shape index (κ2) is 9.18. The van der Waals surface area contributed by atoms with E-state index in [0.717, 1.165) is 27.7 Å². The van der Waals surface area contributed by atoms with E-state index in [9.17, 15) is 9.18 Å². The first-order valence-corrected chi connectivity index (χ1v) is 9.65. The van der Waals surface area contributed by atoms with Gasteiger partial charge in [-0.3, -0.25) is 4.90 Å². The number of anilines is 1. The number of fused-ring (bicyclic) bond motifs is 1. The summed E-state index contributed by atoms with van der Waals surface area (Å²) in [5, 5.41) is 0.893. The van der Waals surface area contributed by atoms with Crippen LogP contribution < -0.4 is 9.64 Å². The van der Waals surface area contributed by atoms with Gasteiger partial charge in [-0.2, -0.15) is 0 Å². The summed E-state index contributed by atoms with van der Waals surface area (Å²) >= 11 is 0. The Morgan fingerprint density at radius 1 is 1.06 bits per heavy atom. The highest BCUT2D eigenvalue weighted by Crippen LogP contribution is 2.32. The third-order valence-corrected chi connectivity index (χ3v) is 5.37. The number of carbonyl (C=O) groups excluding carboxylic acids is 1. The molecule has 0 aliphatic carbocycles. The van der Waals surface area contributed by atoms with Gasteiger partial charge in [0.1, 0.15) is 17.4 Å². The number of aromatic nitrogens is 2. The van der Waals surface area contributed by atoms with E-state index in [2.05, 4.69) is 9.55 Å². The van der Waals surface area contributed by atoms with E-state index in [0.29, 0.717) is 11.6 Å². The molecule has 160 valence electrons. The molecule has 2 heterocycles. The van der Waals surface area contributed by atoms with Crippen molar-refractivity contribution in [3.8, 4) is 5.75 Å². The van der Waals surface area contributed by atoms with E-state index >= 15 is 0 Å². The number of para-hydroxylation sites is 1. The summed E-state index contributed by atoms with van der Waals surface area (Å²) in [6.07, 6.45) is 1.13. The van der Waals surface area contributed by atoms with Crippen LogP contribution in [0.3, 0.4) is 0 Å². The molecule has 4 rings (SSSR count). The molecule has 0 unspecified atom stereocenters. The highest BCUT2D eigenvalue weighted by atomic mass is 35.5. The Labute approximate surface area is 186 Å². The molecule has 5 nitrogen and oxygen atoms in total. The van der Waals surface area contributed by atoms with Crippen LogP contribution in [-0.4, -0.2) is 15.6 Å². The predicted octanol–water partition coefficient (Wildman–Crippen LogP) is 5.96. The zero-order valence-corrected chi connectivity index (χ0v) is 18.3. The first-order chi connectivity index (χ1) is 14.5. The van der Waals surface area contributed by atoms with Crippen LogP contribution in [0.5, 0.6) is 5.75 Å². The lowest BCUT2D eigenvalue weighted by molar-refractivity contribution is 0.207. The standard InChI is InChI=1S/C24H22FN3O2.ClH/c1-16-17(2)27(3)21-13-14-26-23(22(16)21)28(15-18-9-11-19(25)12-10-18)24(29)30-20-7-5-4-6-8-20;/h4-14H,15H2,1-3H3;1H. The molecule has 7 heteroatoms. The molecule has 1 amide bonds. The number of ether oxygens (including phenoxy) is 1. The van der Waals surface area contributed by atoms with Crippen molar-refractivity contribution in [1.82, 2.24) is 9.55 Å². The smallest absolute Gasteiger partial charge is 0.410 e. The first-order valence-electron chi connectivity index (χ1n) is 9.65. The largest absolute Gasteiger partial charge is 0.421 e. The Bertz CT molecular complexity index is 1210. The minimum absolute atomic E-state index is 0. The molecular formula is C24H23ClFN3O2. The van der Waals surface area contributed by atoms with E-state index in [1.807, 2.05) is 33.0 Å². The predicted molar refractivity (Wildman–Crippen MR) is 122 cm³/mol. The Morgan fingerprint density at radius 3 is 2.42 bits per heavy atom. The number of pyridine rings is 1. The van der Waals surface area contributed by atoms with Crippen molar-refractivity contribution in [1.29, 1.82) is 0 Å². The van der Waals surface area contributed by atoms with Crippen molar-refractivity contribution in [2.75, 3.05) is 4.90 Å². The molecule has 0 spiro atoms. The SMILES string of the molecule is Cc1c(C)n(C)c2ccnc(N(Cc3ccc(F)cc3)C(=O)Oc3ccccc3)c12.Cl. The minimum Gasteiger partial charge on any atom is -0.410 e. The number of nitrogens with zero attached hydrogens (tertiary/aromatic N) is 3. The summed E-state index contributed by atoms with van der Waals surface area (Å²) in [5.41, 5.74) is 3.89. The average molecular weight is 440 g/mol. The van der Waals surface area contributed by atoms with E-state index in [4.69, 9.17) is 4.74 Å². The number of hydrogen-bond acceptors (Lipinski definition) is 3. The molecule has 31 heavy (non-hydrogen) atoms. The van der Waals surface area contributed by atoms with Gasteiger partial charge in [0, 0.05) is 24.3 Å². The molecule has 0 saturated heterocycles. The van der Waals surface area contributed by atoms with E-state index in [1.54, 1.807) is 42.6 Å². The maximum Gasteiger partial charge on any atom is 0.421 e. The third kappa shape index (κ3) is 4.39. The minimum atomic E-state index is -0.550. The van der Waals surface area contributed by atoms with Gasteiger partial charge in [-0.05, 0) is 55.3 Å². The van der Waals surface area contributed by atoms with Gasteiger partial charge in [0.25, 0.3) is 0 Å². The molecule has 0 saturated carbocycles. The van der Waals surface area contributed by atoms with Gasteiger partial charge in [0.15, 0.2) is 0 Å². The lowest BCUT2D eigenvalue weighted by atomic mass is 10.1. The van der Waals surface area contributed by atoms with Crippen LogP contribution in [0.25, 0.3) is 10.9 Å². The lowest BCUT2D eigenvalue weighted by Gasteiger charge is -2.22. The topological polar surface area (TPSA) is 47.4 Å². The van der Waals surface area contributed by atoms with Crippen LogP contribution >= 0.6 is 12.4 Å². The summed E-state index contributed by atoms with van der Waals surface area (Å²) < 4.78 is 21.1. The molecule has 0 aliphatic rings. The van der Waals surface area contributed by atoms with E-state index in [-0.39, 0.29) is 24.8 Å². The number of hydrogen-bond donors (Lipinski definition) is 0. The molecule has 2 aromatic carbocycles. The average Bonchev–Trinajstić information content (AvgIpc) is 2.98. The normalized spacial score (nSPS) is 10.6. The number of amides is 1. The summed E-state index contributed by atoms with van der Waals surface area (Å²) in [7, 11) is 1.99. The second-order valence-electron chi connectivity index (χ2n) is 7.19. The molecule has 2 aromatic heterocycles. The van der Waals surface area contributed by atoms with Crippen LogP contribution in [0.2, 0.25) is 0 Å². The number of rotatable bonds is 4. The highest BCUT2D eigenvalue weighted by Gasteiger charge is 2.25. The fraction of sp³-hybridized carbons (Fsp3) is 0.167. The maximum atomic E-state index is 13.4. The van der Waals surface area contributed by atoms with Gasteiger partial charge in [0.2, 0.25) is 0 Å². The van der Waals surface area contributed by atoms with Gasteiger partial charge >= 0.3 is 6.09 Å². The fourth-order valence-electron chi connectivity index (χ4n) is 3.54. The fourth-order valence-corrected chi connectivity index (χ4v) is 3.54. The third-order valence-electron chi connectivity index (χ3n) is 5.37.